The second-order valence-electron chi connectivity index (χ2n) is 5.43. The molecular formula is C14H21BrN2O3. The third-order valence-electron chi connectivity index (χ3n) is 2.36. The number of hydrogen-bond acceptors (Lipinski definition) is 4. The van der Waals surface area contributed by atoms with Crippen molar-refractivity contribution in [3.8, 4) is 0 Å². The zero-order chi connectivity index (χ0) is 15.2. The second kappa shape index (κ2) is 7.59. The average molecular weight is 345 g/mol. The fraction of sp³-hybridized carbons (Fsp3) is 0.571. The van der Waals surface area contributed by atoms with Crippen LogP contribution < -0.4 is 0 Å². The van der Waals surface area contributed by atoms with E-state index >= 15 is 0 Å². The number of ether oxygens (including phenoxy) is 1. The van der Waals surface area contributed by atoms with Crippen LogP contribution in [-0.4, -0.2) is 39.8 Å². The zero-order valence-corrected chi connectivity index (χ0v) is 13.7. The molecule has 0 aliphatic carbocycles. The lowest BCUT2D eigenvalue weighted by Crippen LogP contribution is -2.37. The summed E-state index contributed by atoms with van der Waals surface area (Å²) in [6, 6.07) is 5.54. The minimum absolute atomic E-state index is 0.0329. The summed E-state index contributed by atoms with van der Waals surface area (Å²) >= 11 is 3.30. The quantitative estimate of drug-likeness (QED) is 0.834. The molecule has 0 unspecified atom stereocenters. The predicted octanol–water partition coefficient (Wildman–Crippen LogP) is 2.96. The van der Waals surface area contributed by atoms with Gasteiger partial charge in [-0.3, -0.25) is 0 Å². The molecule has 0 aliphatic heterocycles. The molecule has 0 aliphatic rings. The van der Waals surface area contributed by atoms with Gasteiger partial charge in [-0.25, -0.2) is 9.78 Å². The minimum atomic E-state index is -0.542. The SMILES string of the molecule is CC(C)(C)OC(=O)N(CCCO)Cc1cccc(Br)n1. The molecule has 1 aromatic heterocycles. The van der Waals surface area contributed by atoms with Crippen LogP contribution in [0.4, 0.5) is 4.79 Å². The Morgan fingerprint density at radius 2 is 2.15 bits per heavy atom. The van der Waals surface area contributed by atoms with Gasteiger partial charge < -0.3 is 14.7 Å². The molecule has 0 spiro atoms. The smallest absolute Gasteiger partial charge is 0.410 e. The van der Waals surface area contributed by atoms with Crippen LogP contribution >= 0.6 is 15.9 Å². The Morgan fingerprint density at radius 3 is 2.70 bits per heavy atom. The van der Waals surface area contributed by atoms with E-state index < -0.39 is 11.7 Å². The summed E-state index contributed by atoms with van der Waals surface area (Å²) in [6.07, 6.45) is 0.112. The molecule has 20 heavy (non-hydrogen) atoms. The molecule has 0 atom stereocenters. The van der Waals surface area contributed by atoms with Crippen LogP contribution in [0.3, 0.4) is 0 Å². The summed E-state index contributed by atoms with van der Waals surface area (Å²) in [5.41, 5.74) is 0.224. The molecule has 0 fully saturated rings. The fourth-order valence-electron chi connectivity index (χ4n) is 1.56. The first kappa shape index (κ1) is 16.9. The summed E-state index contributed by atoms with van der Waals surface area (Å²) in [5.74, 6) is 0. The number of pyridine rings is 1. The maximum absolute atomic E-state index is 12.1. The lowest BCUT2D eigenvalue weighted by Gasteiger charge is -2.27. The standard InChI is InChI=1S/C14H21BrN2O3/c1-14(2,3)20-13(19)17(8-5-9-18)10-11-6-4-7-12(15)16-11/h4,6-7,18H,5,8-10H2,1-3H3. The van der Waals surface area contributed by atoms with Crippen molar-refractivity contribution >= 4 is 22.0 Å². The van der Waals surface area contributed by atoms with Gasteiger partial charge in [0.2, 0.25) is 0 Å². The molecule has 0 saturated heterocycles. The molecule has 0 saturated carbocycles. The van der Waals surface area contributed by atoms with Crippen molar-refractivity contribution in [3.05, 3.63) is 28.5 Å². The van der Waals surface area contributed by atoms with Crippen LogP contribution in [0.1, 0.15) is 32.9 Å². The highest BCUT2D eigenvalue weighted by atomic mass is 79.9. The number of nitrogens with zero attached hydrogens (tertiary/aromatic N) is 2. The molecule has 6 heteroatoms. The molecular weight excluding hydrogens is 324 g/mol. The first-order chi connectivity index (χ1) is 9.31. The van der Waals surface area contributed by atoms with E-state index in [1.165, 1.54) is 0 Å². The third-order valence-corrected chi connectivity index (χ3v) is 2.81. The molecule has 0 radical (unpaired) electrons. The van der Waals surface area contributed by atoms with E-state index in [0.29, 0.717) is 19.5 Å². The Hall–Kier alpha value is -1.14. The van der Waals surface area contributed by atoms with E-state index in [4.69, 9.17) is 9.84 Å². The Labute approximate surface area is 128 Å². The normalized spacial score (nSPS) is 11.2. The van der Waals surface area contributed by atoms with Gasteiger partial charge in [-0.2, -0.15) is 0 Å². The predicted molar refractivity (Wildman–Crippen MR) is 80.3 cm³/mol. The topological polar surface area (TPSA) is 62.7 Å². The van der Waals surface area contributed by atoms with Crippen LogP contribution in [0.15, 0.2) is 22.8 Å². The van der Waals surface area contributed by atoms with Gasteiger partial charge in [-0.05, 0) is 55.3 Å². The van der Waals surface area contributed by atoms with Crippen molar-refractivity contribution in [2.24, 2.45) is 0 Å². The maximum Gasteiger partial charge on any atom is 0.410 e. The number of halogens is 1. The number of hydrogen-bond donors (Lipinski definition) is 1. The Morgan fingerprint density at radius 1 is 1.45 bits per heavy atom. The summed E-state index contributed by atoms with van der Waals surface area (Å²) in [5, 5.41) is 8.94. The van der Waals surface area contributed by atoms with Crippen LogP contribution in [-0.2, 0) is 11.3 Å². The molecule has 0 bridgehead atoms. The highest BCUT2D eigenvalue weighted by Crippen LogP contribution is 2.13. The maximum atomic E-state index is 12.1. The number of carbonyl (C=O) groups is 1. The molecule has 112 valence electrons. The van der Waals surface area contributed by atoms with Gasteiger partial charge in [0.05, 0.1) is 12.2 Å². The van der Waals surface area contributed by atoms with Crippen LogP contribution in [0.25, 0.3) is 0 Å². The number of aliphatic hydroxyl groups is 1. The molecule has 5 nitrogen and oxygen atoms in total. The van der Waals surface area contributed by atoms with Crippen LogP contribution in [0.5, 0.6) is 0 Å². The number of rotatable bonds is 5. The van der Waals surface area contributed by atoms with Gasteiger partial charge >= 0.3 is 6.09 Å². The fourth-order valence-corrected chi connectivity index (χ4v) is 1.94. The van der Waals surface area contributed by atoms with Crippen molar-refractivity contribution in [2.45, 2.75) is 39.3 Å². The molecule has 1 heterocycles. The summed E-state index contributed by atoms with van der Waals surface area (Å²) in [6.45, 7) is 6.30. The van der Waals surface area contributed by atoms with Crippen molar-refractivity contribution in [1.29, 1.82) is 0 Å². The van der Waals surface area contributed by atoms with Crippen molar-refractivity contribution in [3.63, 3.8) is 0 Å². The van der Waals surface area contributed by atoms with E-state index in [9.17, 15) is 4.79 Å². The minimum Gasteiger partial charge on any atom is -0.444 e. The van der Waals surface area contributed by atoms with Crippen molar-refractivity contribution in [1.82, 2.24) is 9.88 Å². The molecule has 0 aromatic carbocycles. The number of amides is 1. The molecule has 1 rings (SSSR count). The first-order valence-electron chi connectivity index (χ1n) is 6.52. The number of aliphatic hydroxyl groups excluding tert-OH is 1. The van der Waals surface area contributed by atoms with Crippen molar-refractivity contribution in [2.75, 3.05) is 13.2 Å². The number of aromatic nitrogens is 1. The highest BCUT2D eigenvalue weighted by Gasteiger charge is 2.22. The first-order valence-corrected chi connectivity index (χ1v) is 7.31. The Kier molecular flexibility index (Phi) is 6.42. The average Bonchev–Trinajstić information content (AvgIpc) is 2.32. The summed E-state index contributed by atoms with van der Waals surface area (Å²) < 4.78 is 6.09. The third kappa shape index (κ3) is 6.34. The van der Waals surface area contributed by atoms with Crippen molar-refractivity contribution < 1.29 is 14.6 Å². The van der Waals surface area contributed by atoms with E-state index in [2.05, 4.69) is 20.9 Å². The van der Waals surface area contributed by atoms with Crippen LogP contribution in [0.2, 0.25) is 0 Å². The monoisotopic (exact) mass is 344 g/mol. The second-order valence-corrected chi connectivity index (χ2v) is 6.24. The van der Waals surface area contributed by atoms with E-state index in [0.717, 1.165) is 10.3 Å². The summed E-state index contributed by atoms with van der Waals surface area (Å²) in [4.78, 5) is 18.0. The Balaban J connectivity index is 2.75. The molecule has 1 N–H and O–H groups in total. The zero-order valence-electron chi connectivity index (χ0n) is 12.1. The lowest BCUT2D eigenvalue weighted by atomic mass is 10.2. The summed E-state index contributed by atoms with van der Waals surface area (Å²) in [7, 11) is 0. The molecule has 1 amide bonds. The van der Waals surface area contributed by atoms with E-state index in [1.807, 2.05) is 39.0 Å². The van der Waals surface area contributed by atoms with E-state index in [1.54, 1.807) is 4.90 Å². The highest BCUT2D eigenvalue weighted by molar-refractivity contribution is 9.10. The largest absolute Gasteiger partial charge is 0.444 e. The molecule has 1 aromatic rings. The van der Waals surface area contributed by atoms with Gasteiger partial charge in [0, 0.05) is 13.2 Å². The van der Waals surface area contributed by atoms with Gasteiger partial charge in [-0.15, -0.1) is 0 Å². The van der Waals surface area contributed by atoms with Gasteiger partial charge in [0.1, 0.15) is 10.2 Å². The van der Waals surface area contributed by atoms with Crippen LogP contribution in [0, 0.1) is 0 Å². The van der Waals surface area contributed by atoms with Gasteiger partial charge in [-0.1, -0.05) is 6.07 Å². The number of carbonyl (C=O) groups excluding carboxylic acids is 1. The van der Waals surface area contributed by atoms with Gasteiger partial charge in [0.15, 0.2) is 0 Å². The lowest BCUT2D eigenvalue weighted by molar-refractivity contribution is 0.0221. The van der Waals surface area contributed by atoms with Gasteiger partial charge in [0.25, 0.3) is 0 Å². The Bertz CT molecular complexity index is 446. The van der Waals surface area contributed by atoms with E-state index in [-0.39, 0.29) is 6.61 Å².